The van der Waals surface area contributed by atoms with Crippen LogP contribution < -0.4 is 14.5 Å². The maximum atomic E-state index is 6.37. The van der Waals surface area contributed by atoms with Crippen LogP contribution in [0.4, 0.5) is 11.5 Å². The molecule has 0 bridgehead atoms. The molecular weight excluding hydrogens is 400 g/mol. The first-order valence-corrected chi connectivity index (χ1v) is 10.2. The molecule has 0 saturated carbocycles. The molecule has 152 valence electrons. The molecule has 3 heterocycles. The minimum atomic E-state index is 0.632. The summed E-state index contributed by atoms with van der Waals surface area (Å²) < 4.78 is 7.30. The van der Waals surface area contributed by atoms with Gasteiger partial charge in [-0.25, -0.2) is 14.6 Å². The Labute approximate surface area is 179 Å². The number of para-hydroxylation sites is 3. The summed E-state index contributed by atoms with van der Waals surface area (Å²) in [5, 5.41) is 6.10. The van der Waals surface area contributed by atoms with Crippen molar-refractivity contribution in [3.05, 3.63) is 66.1 Å². The number of hydrogen-bond donors (Lipinski definition) is 0. The number of piperazine rings is 1. The first kappa shape index (κ1) is 18.7. The number of anilines is 2. The second kappa shape index (κ2) is 7.84. The van der Waals surface area contributed by atoms with Crippen molar-refractivity contribution in [3.8, 4) is 11.4 Å². The Morgan fingerprint density at radius 3 is 2.33 bits per heavy atom. The Kier molecular flexibility index (Phi) is 4.88. The van der Waals surface area contributed by atoms with Gasteiger partial charge in [-0.05, 0) is 24.3 Å². The molecule has 0 atom stereocenters. The summed E-state index contributed by atoms with van der Waals surface area (Å²) in [6.45, 7) is 3.46. The molecule has 0 spiro atoms. The van der Waals surface area contributed by atoms with Gasteiger partial charge in [-0.1, -0.05) is 35.9 Å². The zero-order chi connectivity index (χ0) is 20.5. The lowest BCUT2D eigenvalue weighted by Gasteiger charge is -2.37. The highest BCUT2D eigenvalue weighted by molar-refractivity contribution is 6.32. The fourth-order valence-electron chi connectivity index (χ4n) is 3.93. The zero-order valence-corrected chi connectivity index (χ0v) is 17.3. The summed E-state index contributed by atoms with van der Waals surface area (Å²) in [6, 6.07) is 15.8. The molecule has 4 aromatic rings. The molecule has 1 aliphatic heterocycles. The van der Waals surface area contributed by atoms with Crippen molar-refractivity contribution in [2.24, 2.45) is 0 Å². The fourth-order valence-corrected chi connectivity index (χ4v) is 4.15. The van der Waals surface area contributed by atoms with E-state index in [4.69, 9.17) is 16.3 Å². The number of fused-ring (bicyclic) bond motifs is 1. The number of nitrogens with zero attached hydrogens (tertiary/aromatic N) is 6. The summed E-state index contributed by atoms with van der Waals surface area (Å²) in [7, 11) is 1.71. The molecule has 0 aliphatic carbocycles. The van der Waals surface area contributed by atoms with E-state index in [0.29, 0.717) is 5.02 Å². The minimum Gasteiger partial charge on any atom is -0.495 e. The molecule has 30 heavy (non-hydrogen) atoms. The zero-order valence-electron chi connectivity index (χ0n) is 16.6. The molecule has 2 aromatic heterocycles. The Hall–Kier alpha value is -3.32. The van der Waals surface area contributed by atoms with Gasteiger partial charge < -0.3 is 14.5 Å². The molecule has 0 unspecified atom stereocenters. The molecule has 7 nitrogen and oxygen atoms in total. The summed E-state index contributed by atoms with van der Waals surface area (Å²) in [4.78, 5) is 13.7. The topological polar surface area (TPSA) is 59.3 Å². The average molecular weight is 421 g/mol. The van der Waals surface area contributed by atoms with Gasteiger partial charge in [0.25, 0.3) is 0 Å². The van der Waals surface area contributed by atoms with Crippen molar-refractivity contribution in [3.63, 3.8) is 0 Å². The summed E-state index contributed by atoms with van der Waals surface area (Å²) in [5.41, 5.74) is 2.68. The first-order chi connectivity index (χ1) is 14.8. The van der Waals surface area contributed by atoms with Gasteiger partial charge in [0.1, 0.15) is 17.9 Å². The van der Waals surface area contributed by atoms with E-state index >= 15 is 0 Å². The van der Waals surface area contributed by atoms with Crippen molar-refractivity contribution < 1.29 is 4.74 Å². The van der Waals surface area contributed by atoms with Crippen LogP contribution in [0.1, 0.15) is 0 Å². The third-order valence-corrected chi connectivity index (χ3v) is 5.75. The molecular formula is C22H21ClN6O. The van der Waals surface area contributed by atoms with Crippen molar-refractivity contribution in [1.82, 2.24) is 19.7 Å². The first-order valence-electron chi connectivity index (χ1n) is 9.83. The van der Waals surface area contributed by atoms with Crippen LogP contribution in [-0.2, 0) is 0 Å². The highest BCUT2D eigenvalue weighted by Crippen LogP contribution is 2.31. The Morgan fingerprint density at radius 1 is 0.867 bits per heavy atom. The van der Waals surface area contributed by atoms with Crippen molar-refractivity contribution in [2.45, 2.75) is 0 Å². The van der Waals surface area contributed by atoms with Gasteiger partial charge in [-0.15, -0.1) is 0 Å². The number of benzene rings is 2. The number of aromatic nitrogens is 4. The van der Waals surface area contributed by atoms with Crippen LogP contribution in [0.2, 0.25) is 5.02 Å². The summed E-state index contributed by atoms with van der Waals surface area (Å²) >= 11 is 6.37. The lowest BCUT2D eigenvalue weighted by molar-refractivity contribution is 0.413. The number of halogens is 1. The highest BCUT2D eigenvalue weighted by atomic mass is 35.5. The van der Waals surface area contributed by atoms with Crippen LogP contribution in [0.15, 0.2) is 61.1 Å². The third-order valence-electron chi connectivity index (χ3n) is 5.43. The molecule has 1 aliphatic rings. The van der Waals surface area contributed by atoms with E-state index in [9.17, 15) is 0 Å². The monoisotopic (exact) mass is 420 g/mol. The minimum absolute atomic E-state index is 0.632. The molecule has 1 fully saturated rings. The summed E-state index contributed by atoms with van der Waals surface area (Å²) in [5.74, 6) is 1.80. The van der Waals surface area contributed by atoms with Gasteiger partial charge in [-0.3, -0.25) is 0 Å². The van der Waals surface area contributed by atoms with Gasteiger partial charge in [0.15, 0.2) is 5.65 Å². The van der Waals surface area contributed by atoms with E-state index in [1.807, 2.05) is 48.7 Å². The third kappa shape index (κ3) is 3.21. The Bertz CT molecular complexity index is 1190. The van der Waals surface area contributed by atoms with Crippen molar-refractivity contribution >= 4 is 34.1 Å². The number of ether oxygens (including phenoxy) is 1. The van der Waals surface area contributed by atoms with Crippen LogP contribution in [-0.4, -0.2) is 53.0 Å². The van der Waals surface area contributed by atoms with E-state index in [1.54, 1.807) is 18.1 Å². The van der Waals surface area contributed by atoms with Crippen LogP contribution in [0.3, 0.4) is 0 Å². The second-order valence-electron chi connectivity index (χ2n) is 7.09. The van der Waals surface area contributed by atoms with Gasteiger partial charge in [-0.2, -0.15) is 5.10 Å². The number of rotatable bonds is 4. The van der Waals surface area contributed by atoms with Gasteiger partial charge >= 0.3 is 0 Å². The van der Waals surface area contributed by atoms with Gasteiger partial charge in [0, 0.05) is 26.2 Å². The fraction of sp³-hybridized carbons (Fsp3) is 0.227. The smallest absolute Gasteiger partial charge is 0.168 e. The maximum absolute atomic E-state index is 6.37. The van der Waals surface area contributed by atoms with E-state index in [2.05, 4.69) is 30.9 Å². The van der Waals surface area contributed by atoms with Crippen molar-refractivity contribution in [2.75, 3.05) is 43.1 Å². The molecule has 2 aromatic carbocycles. The second-order valence-corrected chi connectivity index (χ2v) is 7.50. The van der Waals surface area contributed by atoms with E-state index in [-0.39, 0.29) is 0 Å². The molecule has 0 amide bonds. The quantitative estimate of drug-likeness (QED) is 0.500. The molecule has 0 radical (unpaired) electrons. The van der Waals surface area contributed by atoms with Crippen LogP contribution in [0.25, 0.3) is 16.7 Å². The lowest BCUT2D eigenvalue weighted by atomic mass is 10.2. The SMILES string of the molecule is COc1ccccc1N1CCN(c2ncnc3c2cnn3-c2ccccc2Cl)CC1. The number of hydrogen-bond acceptors (Lipinski definition) is 6. The van der Waals surface area contributed by atoms with Gasteiger partial charge in [0.05, 0.1) is 35.1 Å². The van der Waals surface area contributed by atoms with Gasteiger partial charge in [0.2, 0.25) is 0 Å². The van der Waals surface area contributed by atoms with E-state index in [1.165, 1.54) is 0 Å². The Balaban J connectivity index is 1.42. The van der Waals surface area contributed by atoms with Crippen LogP contribution in [0, 0.1) is 0 Å². The maximum Gasteiger partial charge on any atom is 0.168 e. The standard InChI is InChI=1S/C22H21ClN6O/c1-30-20-9-5-4-8-19(20)27-10-12-28(13-11-27)21-16-14-26-29(22(16)25-15-24-21)18-7-3-2-6-17(18)23/h2-9,14-15H,10-13H2,1H3. The number of methoxy groups -OCH3 is 1. The normalized spacial score (nSPS) is 14.3. The lowest BCUT2D eigenvalue weighted by Crippen LogP contribution is -2.47. The largest absolute Gasteiger partial charge is 0.495 e. The average Bonchev–Trinajstić information content (AvgIpc) is 3.23. The van der Waals surface area contributed by atoms with Crippen LogP contribution in [0.5, 0.6) is 5.75 Å². The predicted molar refractivity (Wildman–Crippen MR) is 119 cm³/mol. The van der Waals surface area contributed by atoms with Crippen molar-refractivity contribution in [1.29, 1.82) is 0 Å². The summed E-state index contributed by atoms with van der Waals surface area (Å²) in [6.07, 6.45) is 3.42. The molecule has 0 N–H and O–H groups in total. The predicted octanol–water partition coefficient (Wildman–Crippen LogP) is 3.80. The van der Waals surface area contributed by atoms with E-state index in [0.717, 1.165) is 60.2 Å². The Morgan fingerprint density at radius 2 is 1.57 bits per heavy atom. The van der Waals surface area contributed by atoms with E-state index < -0.39 is 0 Å². The molecule has 5 rings (SSSR count). The molecule has 8 heteroatoms. The van der Waals surface area contributed by atoms with Crippen LogP contribution >= 0.6 is 11.6 Å². The molecule has 1 saturated heterocycles. The highest BCUT2D eigenvalue weighted by Gasteiger charge is 2.23.